The van der Waals surface area contributed by atoms with Crippen LogP contribution in [0.5, 0.6) is 0 Å². The third-order valence-corrected chi connectivity index (χ3v) is 5.44. The average Bonchev–Trinajstić information content (AvgIpc) is 3.36. The maximum atomic E-state index is 12.3. The van der Waals surface area contributed by atoms with Gasteiger partial charge in [-0.3, -0.25) is 4.79 Å². The monoisotopic (exact) mass is 403 g/mol. The van der Waals surface area contributed by atoms with Gasteiger partial charge in [-0.2, -0.15) is 0 Å². The molecule has 6 heteroatoms. The van der Waals surface area contributed by atoms with E-state index in [2.05, 4.69) is 23.7 Å². The molecule has 0 saturated carbocycles. The molecule has 2 heterocycles. The molecule has 30 heavy (non-hydrogen) atoms. The third kappa shape index (κ3) is 3.99. The molecule has 154 valence electrons. The largest absolute Gasteiger partial charge is 0.402 e. The molecule has 2 aromatic carbocycles. The lowest BCUT2D eigenvalue weighted by atomic mass is 10.1. The number of carbonyl (C=O) groups excluding carboxylic acids is 2. The van der Waals surface area contributed by atoms with Crippen molar-refractivity contribution >= 4 is 35.2 Å². The van der Waals surface area contributed by atoms with Crippen LogP contribution in [0.4, 0.5) is 11.4 Å². The molecule has 0 aromatic heterocycles. The van der Waals surface area contributed by atoms with Gasteiger partial charge in [-0.15, -0.1) is 0 Å². The molecule has 0 unspecified atom stereocenters. The van der Waals surface area contributed by atoms with E-state index in [1.807, 2.05) is 48.5 Å². The van der Waals surface area contributed by atoms with Crippen molar-refractivity contribution in [3.8, 4) is 0 Å². The Kier molecular flexibility index (Phi) is 5.65. The minimum Gasteiger partial charge on any atom is -0.402 e. The maximum absolute atomic E-state index is 12.3. The second-order valence-corrected chi connectivity index (χ2v) is 7.30. The number of hydrogen-bond acceptors (Lipinski definition) is 5. The first-order valence-corrected chi connectivity index (χ1v) is 10.4. The summed E-state index contributed by atoms with van der Waals surface area (Å²) in [6, 6.07) is 15.4. The number of anilines is 2. The van der Waals surface area contributed by atoms with E-state index in [0.29, 0.717) is 12.0 Å². The van der Waals surface area contributed by atoms with Crippen LogP contribution in [0, 0.1) is 0 Å². The summed E-state index contributed by atoms with van der Waals surface area (Å²) in [4.78, 5) is 32.6. The summed E-state index contributed by atoms with van der Waals surface area (Å²) in [5.74, 6) is -0.0356. The molecule has 0 spiro atoms. The minimum absolute atomic E-state index is 0.143. The van der Waals surface area contributed by atoms with Gasteiger partial charge in [-0.05, 0) is 68.3 Å². The molecule has 0 N–H and O–H groups in total. The van der Waals surface area contributed by atoms with Gasteiger partial charge in [-0.1, -0.05) is 12.1 Å². The van der Waals surface area contributed by atoms with Crippen molar-refractivity contribution in [2.24, 2.45) is 4.99 Å². The molecule has 0 radical (unpaired) electrons. The lowest BCUT2D eigenvalue weighted by Gasteiger charge is -2.20. The number of nitrogens with zero attached hydrogens (tertiary/aromatic N) is 3. The van der Waals surface area contributed by atoms with Crippen LogP contribution in [-0.2, 0) is 14.3 Å². The Morgan fingerprint density at radius 2 is 1.73 bits per heavy atom. The van der Waals surface area contributed by atoms with Crippen LogP contribution in [-0.4, -0.2) is 37.4 Å². The molecule has 0 atom stereocenters. The number of benzene rings is 2. The lowest BCUT2D eigenvalue weighted by Crippen LogP contribution is -2.23. The second kappa shape index (κ2) is 8.53. The molecule has 0 aliphatic carbocycles. The van der Waals surface area contributed by atoms with E-state index < -0.39 is 5.97 Å². The van der Waals surface area contributed by atoms with Crippen LogP contribution in [0.25, 0.3) is 6.08 Å². The predicted octanol–water partition coefficient (Wildman–Crippen LogP) is 4.00. The number of esters is 1. The van der Waals surface area contributed by atoms with Gasteiger partial charge in [0.2, 0.25) is 11.8 Å². The first-order chi connectivity index (χ1) is 14.6. The fourth-order valence-electron chi connectivity index (χ4n) is 3.77. The molecule has 1 saturated heterocycles. The summed E-state index contributed by atoms with van der Waals surface area (Å²) in [6.45, 7) is 6.89. The standard InChI is InChI=1S/C24H25N3O3/c1-3-26(4-2)19-11-7-17(8-12-19)16-21-24(29)30-23(25-21)18-9-13-20(14-10-18)27-15-5-6-22(27)28/h7-14,16H,3-6,15H2,1-2H3/b21-16+. The Morgan fingerprint density at radius 3 is 2.33 bits per heavy atom. The number of amides is 1. The van der Waals surface area contributed by atoms with E-state index in [9.17, 15) is 9.59 Å². The molecule has 0 bridgehead atoms. The summed E-state index contributed by atoms with van der Waals surface area (Å²) in [5, 5.41) is 0. The number of ether oxygens (including phenoxy) is 1. The van der Waals surface area contributed by atoms with Crippen LogP contribution < -0.4 is 9.80 Å². The highest BCUT2D eigenvalue weighted by atomic mass is 16.6. The van der Waals surface area contributed by atoms with E-state index in [1.54, 1.807) is 11.0 Å². The number of hydrogen-bond donors (Lipinski definition) is 0. The number of rotatable bonds is 6. The van der Waals surface area contributed by atoms with E-state index in [-0.39, 0.29) is 17.5 Å². The molecule has 1 fully saturated rings. The van der Waals surface area contributed by atoms with Crippen molar-refractivity contribution in [3.63, 3.8) is 0 Å². The van der Waals surface area contributed by atoms with Gasteiger partial charge in [0.05, 0.1) is 0 Å². The number of cyclic esters (lactones) is 1. The molecular weight excluding hydrogens is 378 g/mol. The molecular formula is C24H25N3O3. The van der Waals surface area contributed by atoms with Gasteiger partial charge < -0.3 is 14.5 Å². The SMILES string of the molecule is CCN(CC)c1ccc(/C=C2/N=C(c3ccc(N4CCCC4=O)cc3)OC2=O)cc1. The first-order valence-electron chi connectivity index (χ1n) is 10.4. The zero-order chi connectivity index (χ0) is 21.1. The Balaban J connectivity index is 1.52. The lowest BCUT2D eigenvalue weighted by molar-refractivity contribution is -0.130. The van der Waals surface area contributed by atoms with Gasteiger partial charge >= 0.3 is 5.97 Å². The van der Waals surface area contributed by atoms with Gasteiger partial charge in [0.1, 0.15) is 0 Å². The van der Waals surface area contributed by atoms with Crippen LogP contribution in [0.1, 0.15) is 37.8 Å². The highest BCUT2D eigenvalue weighted by Gasteiger charge is 2.25. The second-order valence-electron chi connectivity index (χ2n) is 7.30. The van der Waals surface area contributed by atoms with Crippen LogP contribution in [0.2, 0.25) is 0 Å². The van der Waals surface area contributed by atoms with Crippen molar-refractivity contribution in [2.75, 3.05) is 29.4 Å². The van der Waals surface area contributed by atoms with Gasteiger partial charge in [0.25, 0.3) is 0 Å². The van der Waals surface area contributed by atoms with Gasteiger partial charge in [0, 0.05) is 43.0 Å². The van der Waals surface area contributed by atoms with Crippen LogP contribution in [0.3, 0.4) is 0 Å². The quantitative estimate of drug-likeness (QED) is 0.540. The van der Waals surface area contributed by atoms with Crippen molar-refractivity contribution in [1.29, 1.82) is 0 Å². The zero-order valence-corrected chi connectivity index (χ0v) is 17.3. The topological polar surface area (TPSA) is 62.2 Å². The highest BCUT2D eigenvalue weighted by Crippen LogP contribution is 2.24. The van der Waals surface area contributed by atoms with Crippen LogP contribution >= 0.6 is 0 Å². The Morgan fingerprint density at radius 1 is 1.03 bits per heavy atom. The Bertz CT molecular complexity index is 1000. The van der Waals surface area contributed by atoms with Crippen LogP contribution in [0.15, 0.2) is 59.2 Å². The van der Waals surface area contributed by atoms with Crippen molar-refractivity contribution < 1.29 is 14.3 Å². The third-order valence-electron chi connectivity index (χ3n) is 5.44. The Labute approximate surface area is 176 Å². The van der Waals surface area contributed by atoms with Crippen molar-refractivity contribution in [2.45, 2.75) is 26.7 Å². The Hall–Kier alpha value is -3.41. The molecule has 2 aromatic rings. The number of aliphatic imine (C=N–C) groups is 1. The molecule has 2 aliphatic heterocycles. The average molecular weight is 403 g/mol. The molecule has 4 rings (SSSR count). The maximum Gasteiger partial charge on any atom is 0.363 e. The molecule has 6 nitrogen and oxygen atoms in total. The smallest absolute Gasteiger partial charge is 0.363 e. The van der Waals surface area contributed by atoms with Gasteiger partial charge in [0.15, 0.2) is 5.70 Å². The fraction of sp³-hybridized carbons (Fsp3) is 0.292. The summed E-state index contributed by atoms with van der Waals surface area (Å²) < 4.78 is 5.37. The predicted molar refractivity (Wildman–Crippen MR) is 119 cm³/mol. The van der Waals surface area contributed by atoms with Crippen molar-refractivity contribution in [3.05, 3.63) is 65.4 Å². The summed E-state index contributed by atoms with van der Waals surface area (Å²) in [6.07, 6.45) is 3.21. The summed E-state index contributed by atoms with van der Waals surface area (Å²) in [5.41, 5.74) is 3.89. The molecule has 1 amide bonds. The number of carbonyl (C=O) groups is 2. The van der Waals surface area contributed by atoms with E-state index in [1.165, 1.54) is 0 Å². The minimum atomic E-state index is -0.461. The van der Waals surface area contributed by atoms with Gasteiger partial charge in [-0.25, -0.2) is 9.79 Å². The van der Waals surface area contributed by atoms with E-state index in [4.69, 9.17) is 4.74 Å². The summed E-state index contributed by atoms with van der Waals surface area (Å²) in [7, 11) is 0. The summed E-state index contributed by atoms with van der Waals surface area (Å²) >= 11 is 0. The molecule has 2 aliphatic rings. The van der Waals surface area contributed by atoms with Crippen molar-refractivity contribution in [1.82, 2.24) is 0 Å². The fourth-order valence-corrected chi connectivity index (χ4v) is 3.77. The van der Waals surface area contributed by atoms with E-state index >= 15 is 0 Å². The zero-order valence-electron chi connectivity index (χ0n) is 17.3. The first kappa shape index (κ1) is 19.9. The normalized spacial score (nSPS) is 17.5. The van der Waals surface area contributed by atoms with E-state index in [0.717, 1.165) is 43.0 Å². The highest BCUT2D eigenvalue weighted by molar-refractivity contribution is 6.13.